The predicted octanol–water partition coefficient (Wildman–Crippen LogP) is 3.55. The van der Waals surface area contributed by atoms with Gasteiger partial charge >= 0.3 is 0 Å². The van der Waals surface area contributed by atoms with Crippen molar-refractivity contribution >= 4 is 23.5 Å². The molecule has 3 aromatic rings. The first-order valence-electron chi connectivity index (χ1n) is 9.41. The average molecular weight is 423 g/mol. The number of carbonyl (C=O) groups is 1. The molecule has 1 amide bonds. The molecule has 1 aromatic heterocycles. The van der Waals surface area contributed by atoms with Gasteiger partial charge in [0.25, 0.3) is 5.56 Å². The Morgan fingerprint density at radius 3 is 2.63 bits per heavy atom. The minimum Gasteiger partial charge on any atom is -0.497 e. The Kier molecular flexibility index (Phi) is 5.76. The Labute approximate surface area is 177 Å². The van der Waals surface area contributed by atoms with Crippen molar-refractivity contribution in [3.05, 3.63) is 75.6 Å². The predicted molar refractivity (Wildman–Crippen MR) is 115 cm³/mol. The van der Waals surface area contributed by atoms with Crippen LogP contribution in [-0.2, 0) is 10.5 Å². The first-order chi connectivity index (χ1) is 14.6. The largest absolute Gasteiger partial charge is 0.497 e. The summed E-state index contributed by atoms with van der Waals surface area (Å²) >= 11 is 1.41. The minimum atomic E-state index is -0.483. The fourth-order valence-corrected chi connectivity index (χ4v) is 4.34. The molecule has 2 N–H and O–H groups in total. The molecule has 0 saturated heterocycles. The normalized spacial score (nSPS) is 15.3. The van der Waals surface area contributed by atoms with E-state index < -0.39 is 5.92 Å². The average Bonchev–Trinajstić information content (AvgIpc) is 2.77. The molecule has 0 saturated carbocycles. The summed E-state index contributed by atoms with van der Waals surface area (Å²) in [5.74, 6) is 1.48. The molecular formula is C22H21N3O4S. The number of methoxy groups -OCH3 is 2. The summed E-state index contributed by atoms with van der Waals surface area (Å²) in [7, 11) is 3.12. The monoisotopic (exact) mass is 423 g/mol. The number of amides is 1. The van der Waals surface area contributed by atoms with Crippen molar-refractivity contribution in [1.82, 2.24) is 9.97 Å². The molecule has 1 unspecified atom stereocenters. The number of hydrogen-bond acceptors (Lipinski definition) is 6. The highest BCUT2D eigenvalue weighted by Crippen LogP contribution is 2.40. The second-order valence-corrected chi connectivity index (χ2v) is 7.78. The number of anilines is 1. The van der Waals surface area contributed by atoms with Crippen LogP contribution in [0.2, 0.25) is 0 Å². The van der Waals surface area contributed by atoms with Gasteiger partial charge in [-0.25, -0.2) is 4.98 Å². The van der Waals surface area contributed by atoms with Crippen LogP contribution in [0.3, 0.4) is 0 Å². The number of ether oxygens (including phenoxy) is 2. The summed E-state index contributed by atoms with van der Waals surface area (Å²) in [6.07, 6.45) is 0.123. The van der Waals surface area contributed by atoms with Gasteiger partial charge in [0, 0.05) is 23.7 Å². The summed E-state index contributed by atoms with van der Waals surface area (Å²) in [6.45, 7) is 0. The maximum atomic E-state index is 13.0. The highest BCUT2D eigenvalue weighted by molar-refractivity contribution is 7.98. The first-order valence-corrected chi connectivity index (χ1v) is 10.4. The smallest absolute Gasteiger partial charge is 0.257 e. The van der Waals surface area contributed by atoms with Crippen LogP contribution in [0.1, 0.15) is 29.0 Å². The highest BCUT2D eigenvalue weighted by Gasteiger charge is 2.33. The summed E-state index contributed by atoms with van der Waals surface area (Å²) in [5, 5.41) is 3.21. The molecule has 0 aliphatic carbocycles. The second kappa shape index (κ2) is 8.62. The number of hydrogen-bond donors (Lipinski definition) is 2. The zero-order chi connectivity index (χ0) is 21.1. The number of rotatable bonds is 6. The van der Waals surface area contributed by atoms with Gasteiger partial charge in [-0.2, -0.15) is 0 Å². The number of nitrogens with zero attached hydrogens (tertiary/aromatic N) is 1. The number of fused-ring (bicyclic) bond motifs is 1. The van der Waals surface area contributed by atoms with Crippen LogP contribution >= 0.6 is 11.8 Å². The molecule has 0 radical (unpaired) electrons. The highest BCUT2D eigenvalue weighted by atomic mass is 32.2. The van der Waals surface area contributed by atoms with Crippen molar-refractivity contribution in [2.45, 2.75) is 23.2 Å². The standard InChI is InChI=1S/C22H21N3O4S/c1-28-14-8-9-17(29-2)15(10-14)16-11-18(26)23-20-19(16)21(27)25-22(24-20)30-12-13-6-4-3-5-7-13/h3-10,16H,11-12H2,1-2H3,(H2,23,24,25,26,27). The second-order valence-electron chi connectivity index (χ2n) is 6.82. The van der Waals surface area contributed by atoms with E-state index in [1.807, 2.05) is 30.3 Å². The van der Waals surface area contributed by atoms with Gasteiger partial charge in [-0.1, -0.05) is 42.1 Å². The van der Waals surface area contributed by atoms with Gasteiger partial charge in [0.1, 0.15) is 17.3 Å². The zero-order valence-corrected chi connectivity index (χ0v) is 17.4. The molecule has 8 heteroatoms. The number of carbonyl (C=O) groups excluding carboxylic acids is 1. The van der Waals surface area contributed by atoms with Crippen molar-refractivity contribution in [1.29, 1.82) is 0 Å². The lowest BCUT2D eigenvalue weighted by atomic mass is 9.86. The summed E-state index contributed by atoms with van der Waals surface area (Å²) in [5.41, 5.74) is 1.98. The van der Waals surface area contributed by atoms with E-state index >= 15 is 0 Å². The molecule has 2 heterocycles. The van der Waals surface area contributed by atoms with Gasteiger partial charge in [0.05, 0.1) is 19.8 Å². The Morgan fingerprint density at radius 1 is 1.10 bits per heavy atom. The third kappa shape index (κ3) is 4.04. The van der Waals surface area contributed by atoms with E-state index in [1.54, 1.807) is 32.4 Å². The Bertz CT molecular complexity index is 1130. The Hall–Kier alpha value is -3.26. The van der Waals surface area contributed by atoms with E-state index in [0.29, 0.717) is 39.4 Å². The van der Waals surface area contributed by atoms with Crippen LogP contribution in [-0.4, -0.2) is 30.1 Å². The number of nitrogens with one attached hydrogen (secondary N) is 2. The summed E-state index contributed by atoms with van der Waals surface area (Å²) < 4.78 is 10.8. The molecule has 30 heavy (non-hydrogen) atoms. The van der Waals surface area contributed by atoms with E-state index in [0.717, 1.165) is 5.56 Å². The molecule has 4 rings (SSSR count). The third-order valence-electron chi connectivity index (χ3n) is 4.96. The van der Waals surface area contributed by atoms with Gasteiger partial charge < -0.3 is 19.8 Å². The van der Waals surface area contributed by atoms with Crippen molar-refractivity contribution in [3.63, 3.8) is 0 Å². The van der Waals surface area contributed by atoms with E-state index in [1.165, 1.54) is 11.8 Å². The lowest BCUT2D eigenvalue weighted by molar-refractivity contribution is -0.116. The van der Waals surface area contributed by atoms with Gasteiger partial charge in [-0.05, 0) is 23.8 Å². The van der Waals surface area contributed by atoms with Gasteiger partial charge in [-0.15, -0.1) is 0 Å². The first kappa shape index (κ1) is 20.0. The maximum Gasteiger partial charge on any atom is 0.257 e. The van der Waals surface area contributed by atoms with E-state index in [2.05, 4.69) is 15.3 Å². The quantitative estimate of drug-likeness (QED) is 0.465. The number of benzene rings is 2. The molecular weight excluding hydrogens is 402 g/mol. The van der Waals surface area contributed by atoms with Gasteiger partial charge in [0.2, 0.25) is 5.91 Å². The van der Waals surface area contributed by atoms with E-state index in [4.69, 9.17) is 9.47 Å². The molecule has 0 spiro atoms. The van der Waals surface area contributed by atoms with Crippen molar-refractivity contribution in [2.24, 2.45) is 0 Å². The van der Waals surface area contributed by atoms with Crippen LogP contribution in [0.25, 0.3) is 0 Å². The molecule has 1 aliphatic heterocycles. The minimum absolute atomic E-state index is 0.123. The van der Waals surface area contributed by atoms with Crippen molar-refractivity contribution in [3.8, 4) is 11.5 Å². The van der Waals surface area contributed by atoms with Crippen LogP contribution in [0, 0.1) is 0 Å². The number of aromatic nitrogens is 2. The lowest BCUT2D eigenvalue weighted by Gasteiger charge is -2.26. The van der Waals surface area contributed by atoms with E-state index in [9.17, 15) is 9.59 Å². The number of H-pyrrole nitrogens is 1. The molecule has 2 aromatic carbocycles. The third-order valence-corrected chi connectivity index (χ3v) is 5.90. The fourth-order valence-electron chi connectivity index (χ4n) is 3.52. The summed E-state index contributed by atoms with van der Waals surface area (Å²) in [4.78, 5) is 32.8. The lowest BCUT2D eigenvalue weighted by Crippen LogP contribution is -2.31. The van der Waals surface area contributed by atoms with Crippen LogP contribution < -0.4 is 20.3 Å². The maximum absolute atomic E-state index is 13.0. The van der Waals surface area contributed by atoms with Gasteiger partial charge in [-0.3, -0.25) is 9.59 Å². The molecule has 1 aliphatic rings. The zero-order valence-electron chi connectivity index (χ0n) is 16.6. The van der Waals surface area contributed by atoms with Crippen LogP contribution in [0.5, 0.6) is 11.5 Å². The molecule has 154 valence electrons. The molecule has 1 atom stereocenters. The molecule has 0 fully saturated rings. The van der Waals surface area contributed by atoms with Crippen molar-refractivity contribution < 1.29 is 14.3 Å². The summed E-state index contributed by atoms with van der Waals surface area (Å²) in [6, 6.07) is 15.2. The van der Waals surface area contributed by atoms with E-state index in [-0.39, 0.29) is 17.9 Å². The molecule has 0 bridgehead atoms. The fraction of sp³-hybridized carbons (Fsp3) is 0.227. The Balaban J connectivity index is 1.72. The van der Waals surface area contributed by atoms with Gasteiger partial charge in [0.15, 0.2) is 5.16 Å². The topological polar surface area (TPSA) is 93.3 Å². The van der Waals surface area contributed by atoms with Crippen molar-refractivity contribution in [2.75, 3.05) is 19.5 Å². The Morgan fingerprint density at radius 2 is 1.90 bits per heavy atom. The number of aromatic amines is 1. The van der Waals surface area contributed by atoms with Crippen LogP contribution in [0.15, 0.2) is 58.5 Å². The number of thioether (sulfide) groups is 1. The SMILES string of the molecule is COc1ccc(OC)c(C2CC(=O)Nc3nc(SCc4ccccc4)[nH]c(=O)c32)c1. The van der Waals surface area contributed by atoms with Crippen LogP contribution in [0.4, 0.5) is 5.82 Å². The molecule has 7 nitrogen and oxygen atoms in total.